The number of rotatable bonds is 7. The number of halogens is 2. The third kappa shape index (κ3) is 4.50. The van der Waals surface area contributed by atoms with Gasteiger partial charge in [-0.1, -0.05) is 28.9 Å². The van der Waals surface area contributed by atoms with E-state index in [0.717, 1.165) is 9.95 Å². The SMILES string of the molecule is CCn1nncc1Cn1c(=O)nc(Nc2cc3cn(C)nc3cc2Cl)n(Cc2ccc(F)cc2)c1=O. The molecular weight excluding hydrogens is 489 g/mol. The second-order valence-electron chi connectivity index (χ2n) is 8.16. The second kappa shape index (κ2) is 9.38. The number of aryl methyl sites for hydroxylation is 2. The summed E-state index contributed by atoms with van der Waals surface area (Å²) in [5, 5.41) is 16.3. The second-order valence-corrected chi connectivity index (χ2v) is 8.57. The fraction of sp³-hybridized carbons (Fsp3) is 0.217. The topological polar surface area (TPSA) is 117 Å². The Labute approximate surface area is 208 Å². The lowest BCUT2D eigenvalue weighted by atomic mass is 10.2. The van der Waals surface area contributed by atoms with Gasteiger partial charge in [0.15, 0.2) is 0 Å². The maximum atomic E-state index is 13.6. The third-order valence-electron chi connectivity index (χ3n) is 5.68. The molecule has 0 aliphatic rings. The highest BCUT2D eigenvalue weighted by Gasteiger charge is 2.17. The molecule has 3 heterocycles. The molecule has 0 amide bonds. The number of hydrogen-bond acceptors (Lipinski definition) is 7. The molecule has 5 aromatic rings. The Morgan fingerprint density at radius 1 is 1.08 bits per heavy atom. The summed E-state index contributed by atoms with van der Waals surface area (Å²) in [6.45, 7) is 2.38. The Morgan fingerprint density at radius 2 is 1.86 bits per heavy atom. The predicted molar refractivity (Wildman–Crippen MR) is 132 cm³/mol. The van der Waals surface area contributed by atoms with Gasteiger partial charge in [0.2, 0.25) is 5.95 Å². The van der Waals surface area contributed by atoms with E-state index in [1.54, 1.807) is 40.7 Å². The van der Waals surface area contributed by atoms with Crippen LogP contribution in [0.4, 0.5) is 16.0 Å². The lowest BCUT2D eigenvalue weighted by molar-refractivity contribution is 0.541. The van der Waals surface area contributed by atoms with Crippen molar-refractivity contribution in [2.24, 2.45) is 7.05 Å². The van der Waals surface area contributed by atoms with Gasteiger partial charge in [0, 0.05) is 25.2 Å². The Kier molecular flexibility index (Phi) is 6.10. The minimum absolute atomic E-state index is 0.00200. The van der Waals surface area contributed by atoms with Gasteiger partial charge in [-0.3, -0.25) is 9.25 Å². The van der Waals surface area contributed by atoms with Crippen LogP contribution in [0.2, 0.25) is 5.02 Å². The van der Waals surface area contributed by atoms with Crippen molar-refractivity contribution < 1.29 is 4.39 Å². The van der Waals surface area contributed by atoms with E-state index in [2.05, 4.69) is 25.7 Å². The largest absolute Gasteiger partial charge is 0.355 e. The molecule has 0 unspecified atom stereocenters. The molecule has 13 heteroatoms. The van der Waals surface area contributed by atoms with E-state index in [4.69, 9.17) is 11.6 Å². The lowest BCUT2D eigenvalue weighted by Gasteiger charge is -2.16. The molecule has 184 valence electrons. The van der Waals surface area contributed by atoms with Crippen LogP contribution < -0.4 is 16.7 Å². The van der Waals surface area contributed by atoms with Gasteiger partial charge < -0.3 is 5.32 Å². The summed E-state index contributed by atoms with van der Waals surface area (Å²) in [5.41, 5.74) is 1.01. The van der Waals surface area contributed by atoms with Gasteiger partial charge in [-0.25, -0.2) is 23.2 Å². The van der Waals surface area contributed by atoms with Crippen LogP contribution in [0.1, 0.15) is 18.2 Å². The molecular formula is C23H21ClFN9O2. The smallest absolute Gasteiger partial charge is 0.324 e. The Hall–Kier alpha value is -4.32. The third-order valence-corrected chi connectivity index (χ3v) is 5.99. The van der Waals surface area contributed by atoms with Gasteiger partial charge in [0.25, 0.3) is 0 Å². The number of aromatic nitrogens is 8. The van der Waals surface area contributed by atoms with Crippen LogP contribution in [0.25, 0.3) is 10.9 Å². The highest BCUT2D eigenvalue weighted by Crippen LogP contribution is 2.29. The first-order valence-electron chi connectivity index (χ1n) is 11.1. The van der Waals surface area contributed by atoms with Crippen LogP contribution >= 0.6 is 11.6 Å². The summed E-state index contributed by atoms with van der Waals surface area (Å²) in [7, 11) is 1.79. The van der Waals surface area contributed by atoms with E-state index < -0.39 is 17.2 Å². The summed E-state index contributed by atoms with van der Waals surface area (Å²) in [4.78, 5) is 30.7. The quantitative estimate of drug-likeness (QED) is 0.358. The Balaban J connectivity index is 1.61. The van der Waals surface area contributed by atoms with Crippen molar-refractivity contribution in [2.45, 2.75) is 26.6 Å². The Morgan fingerprint density at radius 3 is 2.61 bits per heavy atom. The van der Waals surface area contributed by atoms with Gasteiger partial charge in [0.05, 0.1) is 41.2 Å². The summed E-state index contributed by atoms with van der Waals surface area (Å²) in [6, 6.07) is 9.17. The fourth-order valence-electron chi connectivity index (χ4n) is 3.89. The zero-order valence-electron chi connectivity index (χ0n) is 19.4. The first kappa shape index (κ1) is 23.4. The number of hydrogen-bond donors (Lipinski definition) is 1. The number of nitrogens with zero attached hydrogens (tertiary/aromatic N) is 8. The average Bonchev–Trinajstić information content (AvgIpc) is 3.45. The van der Waals surface area contributed by atoms with Crippen molar-refractivity contribution in [1.29, 1.82) is 0 Å². The van der Waals surface area contributed by atoms with E-state index in [9.17, 15) is 14.0 Å². The number of nitrogens with one attached hydrogen (secondary N) is 1. The molecule has 0 saturated heterocycles. The zero-order chi connectivity index (χ0) is 25.4. The van der Waals surface area contributed by atoms with Gasteiger partial charge in [0.1, 0.15) is 5.82 Å². The standard InChI is InChI=1S/C23H21ClFN9O2/c1-3-34-17(10-26-30-34)13-33-22(35)28-21(32(23(33)36)11-14-4-6-16(25)7-5-14)27-20-8-15-12-31(2)29-19(15)9-18(20)24/h4-10,12H,3,11,13H2,1-2H3,(H,27,28,35). The summed E-state index contributed by atoms with van der Waals surface area (Å²) in [6.07, 6.45) is 3.31. The van der Waals surface area contributed by atoms with Gasteiger partial charge in [-0.2, -0.15) is 10.1 Å². The molecule has 0 bridgehead atoms. The maximum absolute atomic E-state index is 13.6. The first-order valence-corrected chi connectivity index (χ1v) is 11.4. The number of benzene rings is 2. The van der Waals surface area contributed by atoms with Crippen LogP contribution in [0, 0.1) is 5.82 Å². The van der Waals surface area contributed by atoms with Crippen molar-refractivity contribution >= 4 is 34.1 Å². The molecule has 0 aliphatic carbocycles. The molecule has 0 saturated carbocycles. The van der Waals surface area contributed by atoms with Crippen molar-refractivity contribution in [3.63, 3.8) is 0 Å². The molecule has 0 atom stereocenters. The molecule has 5 rings (SSSR count). The van der Waals surface area contributed by atoms with E-state index in [1.807, 2.05) is 13.1 Å². The van der Waals surface area contributed by atoms with Crippen molar-refractivity contribution in [3.05, 3.63) is 91.9 Å². The van der Waals surface area contributed by atoms with E-state index >= 15 is 0 Å². The predicted octanol–water partition coefficient (Wildman–Crippen LogP) is 2.54. The average molecular weight is 510 g/mol. The molecule has 11 nitrogen and oxygen atoms in total. The minimum atomic E-state index is -0.750. The monoisotopic (exact) mass is 509 g/mol. The van der Waals surface area contributed by atoms with E-state index in [0.29, 0.717) is 34.0 Å². The normalized spacial score (nSPS) is 11.3. The number of anilines is 2. The molecule has 1 N–H and O–H groups in total. The molecule has 36 heavy (non-hydrogen) atoms. The van der Waals surface area contributed by atoms with Crippen molar-refractivity contribution in [1.82, 2.24) is 38.9 Å². The first-order chi connectivity index (χ1) is 17.3. The molecule has 0 radical (unpaired) electrons. The summed E-state index contributed by atoms with van der Waals surface area (Å²) in [5.74, 6) is -0.401. The van der Waals surface area contributed by atoms with Gasteiger partial charge in [-0.05, 0) is 36.8 Å². The molecule has 0 aliphatic heterocycles. The highest BCUT2D eigenvalue weighted by atomic mass is 35.5. The van der Waals surface area contributed by atoms with Crippen LogP contribution in [-0.4, -0.2) is 38.9 Å². The van der Waals surface area contributed by atoms with Crippen molar-refractivity contribution in [3.8, 4) is 0 Å². The molecule has 0 spiro atoms. The zero-order valence-corrected chi connectivity index (χ0v) is 20.1. The van der Waals surface area contributed by atoms with Crippen LogP contribution in [0.15, 0.2) is 58.4 Å². The maximum Gasteiger partial charge on any atom is 0.355 e. The van der Waals surface area contributed by atoms with Crippen LogP contribution in [-0.2, 0) is 26.7 Å². The molecule has 0 fully saturated rings. The molecule has 2 aromatic carbocycles. The molecule has 3 aromatic heterocycles. The minimum Gasteiger partial charge on any atom is -0.324 e. The van der Waals surface area contributed by atoms with Crippen LogP contribution in [0.5, 0.6) is 0 Å². The van der Waals surface area contributed by atoms with E-state index in [1.165, 1.54) is 22.9 Å². The van der Waals surface area contributed by atoms with E-state index in [-0.39, 0.29) is 19.0 Å². The number of fused-ring (bicyclic) bond motifs is 1. The van der Waals surface area contributed by atoms with Gasteiger partial charge >= 0.3 is 11.4 Å². The fourth-order valence-corrected chi connectivity index (χ4v) is 4.10. The van der Waals surface area contributed by atoms with Crippen LogP contribution in [0.3, 0.4) is 0 Å². The summed E-state index contributed by atoms with van der Waals surface area (Å²) < 4.78 is 19.0. The highest BCUT2D eigenvalue weighted by molar-refractivity contribution is 6.34. The van der Waals surface area contributed by atoms with Crippen molar-refractivity contribution in [2.75, 3.05) is 5.32 Å². The Bertz CT molecular complexity index is 1690. The summed E-state index contributed by atoms with van der Waals surface area (Å²) >= 11 is 6.46. The lowest BCUT2D eigenvalue weighted by Crippen LogP contribution is -2.43. The van der Waals surface area contributed by atoms with Gasteiger partial charge in [-0.15, -0.1) is 5.10 Å².